The molecule has 1 atom stereocenters. The maximum absolute atomic E-state index is 13.7. The number of hydrogen-bond donors (Lipinski definition) is 1. The number of benzene rings is 3. The van der Waals surface area contributed by atoms with Crippen molar-refractivity contribution in [1.82, 2.24) is 4.90 Å². The zero-order valence-electron chi connectivity index (χ0n) is 21.0. The third-order valence-corrected chi connectivity index (χ3v) is 6.45. The van der Waals surface area contributed by atoms with Crippen LogP contribution < -0.4 is 19.5 Å². The number of carbonyl (C=O) groups is 1. The molecule has 1 heterocycles. The monoisotopic (exact) mass is 524 g/mol. The van der Waals surface area contributed by atoms with E-state index in [1.165, 1.54) is 12.1 Å². The first-order chi connectivity index (χ1) is 17.9. The average molecular weight is 525 g/mol. The number of anilines is 1. The third kappa shape index (κ3) is 6.11. The molecule has 0 aliphatic carbocycles. The lowest BCUT2D eigenvalue weighted by atomic mass is 9.92. The highest BCUT2D eigenvalue weighted by atomic mass is 32.1. The third-order valence-electron chi connectivity index (χ3n) is 6.11. The van der Waals surface area contributed by atoms with Crippen molar-refractivity contribution in [2.45, 2.75) is 19.4 Å². The molecular formula is C28H29FN2O5S. The van der Waals surface area contributed by atoms with E-state index in [1.807, 2.05) is 17.0 Å². The van der Waals surface area contributed by atoms with Crippen LogP contribution in [0.25, 0.3) is 0 Å². The van der Waals surface area contributed by atoms with Gasteiger partial charge in [-0.25, -0.2) is 9.18 Å². The number of nitrogens with zero attached hydrogens (tertiary/aromatic N) is 1. The van der Waals surface area contributed by atoms with Crippen LogP contribution in [0.15, 0.2) is 60.7 Å². The molecule has 0 saturated carbocycles. The van der Waals surface area contributed by atoms with E-state index < -0.39 is 0 Å². The summed E-state index contributed by atoms with van der Waals surface area (Å²) < 4.78 is 36.0. The Hall–Kier alpha value is -3.85. The Morgan fingerprint density at radius 1 is 1.08 bits per heavy atom. The molecule has 1 unspecified atom stereocenters. The highest BCUT2D eigenvalue weighted by Crippen LogP contribution is 2.38. The minimum atomic E-state index is -0.378. The molecule has 0 radical (unpaired) electrons. The summed E-state index contributed by atoms with van der Waals surface area (Å²) in [5.41, 5.74) is 3.12. The minimum Gasteiger partial charge on any atom is -0.493 e. The maximum Gasteiger partial charge on any atom is 0.338 e. The van der Waals surface area contributed by atoms with E-state index >= 15 is 0 Å². The second-order valence-corrected chi connectivity index (χ2v) is 8.75. The van der Waals surface area contributed by atoms with Gasteiger partial charge in [-0.2, -0.15) is 0 Å². The van der Waals surface area contributed by atoms with Gasteiger partial charge in [-0.1, -0.05) is 6.07 Å². The van der Waals surface area contributed by atoms with Crippen molar-refractivity contribution in [2.24, 2.45) is 0 Å². The van der Waals surface area contributed by atoms with Crippen LogP contribution in [-0.4, -0.2) is 50.0 Å². The van der Waals surface area contributed by atoms with Crippen LogP contribution in [0, 0.1) is 5.82 Å². The van der Waals surface area contributed by atoms with Gasteiger partial charge in [0, 0.05) is 12.2 Å². The average Bonchev–Trinajstić information content (AvgIpc) is 2.91. The van der Waals surface area contributed by atoms with Crippen molar-refractivity contribution in [3.63, 3.8) is 0 Å². The summed E-state index contributed by atoms with van der Waals surface area (Å²) in [5.74, 6) is 1.14. The van der Waals surface area contributed by atoms with Crippen molar-refractivity contribution in [3.05, 3.63) is 83.2 Å². The number of carbonyl (C=O) groups excluding carboxylic acids is 1. The van der Waals surface area contributed by atoms with E-state index in [1.54, 1.807) is 57.5 Å². The Kier molecular flexibility index (Phi) is 8.45. The molecule has 0 amide bonds. The molecule has 7 nitrogen and oxygen atoms in total. The molecule has 0 bridgehead atoms. The van der Waals surface area contributed by atoms with Gasteiger partial charge in [0.15, 0.2) is 16.6 Å². The molecule has 1 aliphatic heterocycles. The molecule has 3 aromatic carbocycles. The molecule has 3 aromatic rings. The lowest BCUT2D eigenvalue weighted by Crippen LogP contribution is -2.44. The molecule has 9 heteroatoms. The molecule has 0 saturated heterocycles. The first-order valence-electron chi connectivity index (χ1n) is 11.9. The molecular weight excluding hydrogens is 495 g/mol. The number of thiocarbonyl (C=S) groups is 1. The van der Waals surface area contributed by atoms with Gasteiger partial charge < -0.3 is 29.2 Å². The summed E-state index contributed by atoms with van der Waals surface area (Å²) in [5, 5.41) is 3.60. The summed E-state index contributed by atoms with van der Waals surface area (Å²) in [4.78, 5) is 14.0. The molecule has 4 rings (SSSR count). The maximum atomic E-state index is 13.7. The van der Waals surface area contributed by atoms with Crippen molar-refractivity contribution < 1.29 is 28.1 Å². The van der Waals surface area contributed by atoms with E-state index in [4.69, 9.17) is 31.2 Å². The van der Waals surface area contributed by atoms with Gasteiger partial charge in [-0.05, 0) is 91.3 Å². The van der Waals surface area contributed by atoms with E-state index in [-0.39, 0.29) is 24.4 Å². The van der Waals surface area contributed by atoms with Gasteiger partial charge in [-0.15, -0.1) is 0 Å². The Morgan fingerprint density at radius 3 is 2.49 bits per heavy atom. The molecule has 37 heavy (non-hydrogen) atoms. The Morgan fingerprint density at radius 2 is 1.81 bits per heavy atom. The summed E-state index contributed by atoms with van der Waals surface area (Å²) in [6.45, 7) is 2.97. The number of ether oxygens (including phenoxy) is 4. The highest BCUT2D eigenvalue weighted by Gasteiger charge is 2.31. The number of methoxy groups -OCH3 is 2. The van der Waals surface area contributed by atoms with E-state index in [9.17, 15) is 9.18 Å². The van der Waals surface area contributed by atoms with Crippen LogP contribution in [0.5, 0.6) is 17.2 Å². The first-order valence-corrected chi connectivity index (χ1v) is 12.3. The second-order valence-electron chi connectivity index (χ2n) is 8.36. The quantitative estimate of drug-likeness (QED) is 0.311. The fraction of sp³-hybridized carbons (Fsp3) is 0.286. The summed E-state index contributed by atoms with van der Waals surface area (Å²) in [7, 11) is 3.20. The normalized spacial score (nSPS) is 14.4. The lowest BCUT2D eigenvalue weighted by Gasteiger charge is -2.39. The van der Waals surface area contributed by atoms with Crippen molar-refractivity contribution in [3.8, 4) is 17.2 Å². The summed E-state index contributed by atoms with van der Waals surface area (Å²) >= 11 is 5.75. The van der Waals surface area contributed by atoms with Crippen LogP contribution in [0.2, 0.25) is 0 Å². The van der Waals surface area contributed by atoms with Gasteiger partial charge in [0.05, 0.1) is 32.4 Å². The Labute approximate surface area is 221 Å². The summed E-state index contributed by atoms with van der Waals surface area (Å²) in [6.07, 6.45) is 0.728. The SMILES string of the molecule is CCOC(=O)c1ccc(OCC2c3cc(OC)c(OC)cc3CCN2C(=S)Nc2cccc(F)c2)cc1. The largest absolute Gasteiger partial charge is 0.493 e. The van der Waals surface area contributed by atoms with Crippen molar-refractivity contribution in [1.29, 1.82) is 0 Å². The number of esters is 1. The summed E-state index contributed by atoms with van der Waals surface area (Å²) in [6, 6.07) is 16.6. The second kappa shape index (κ2) is 11.9. The Balaban J connectivity index is 1.60. The first kappa shape index (κ1) is 26.2. The molecule has 1 aliphatic rings. The number of halogens is 1. The van der Waals surface area contributed by atoms with Gasteiger partial charge in [0.1, 0.15) is 18.2 Å². The Bertz CT molecular complexity index is 1270. The van der Waals surface area contributed by atoms with Crippen LogP contribution in [0.1, 0.15) is 34.5 Å². The molecule has 194 valence electrons. The highest BCUT2D eigenvalue weighted by molar-refractivity contribution is 7.80. The van der Waals surface area contributed by atoms with E-state index in [0.717, 1.165) is 17.5 Å². The topological polar surface area (TPSA) is 69.3 Å². The van der Waals surface area contributed by atoms with Crippen LogP contribution >= 0.6 is 12.2 Å². The van der Waals surface area contributed by atoms with Gasteiger partial charge >= 0.3 is 5.97 Å². The van der Waals surface area contributed by atoms with E-state index in [0.29, 0.717) is 46.8 Å². The molecule has 0 spiro atoms. The van der Waals surface area contributed by atoms with Crippen molar-refractivity contribution >= 4 is 29.0 Å². The van der Waals surface area contributed by atoms with Crippen molar-refractivity contribution in [2.75, 3.05) is 39.3 Å². The van der Waals surface area contributed by atoms with Crippen LogP contribution in [-0.2, 0) is 11.2 Å². The van der Waals surface area contributed by atoms with Gasteiger partial charge in [-0.3, -0.25) is 0 Å². The number of hydrogen-bond acceptors (Lipinski definition) is 6. The molecule has 0 fully saturated rings. The smallest absolute Gasteiger partial charge is 0.338 e. The van der Waals surface area contributed by atoms with Crippen LogP contribution in [0.4, 0.5) is 10.1 Å². The number of fused-ring (bicyclic) bond motifs is 1. The zero-order valence-corrected chi connectivity index (χ0v) is 21.8. The standard InChI is InChI=1S/C28H29FN2O5S/c1-4-35-27(32)18-8-10-22(11-9-18)36-17-24-23-16-26(34-3)25(33-2)14-19(23)12-13-31(24)28(37)30-21-7-5-6-20(29)15-21/h5-11,14-16,24H,4,12-13,17H2,1-3H3,(H,30,37). The lowest BCUT2D eigenvalue weighted by molar-refractivity contribution is 0.0526. The predicted molar refractivity (Wildman–Crippen MR) is 143 cm³/mol. The van der Waals surface area contributed by atoms with Gasteiger partial charge in [0.2, 0.25) is 0 Å². The molecule has 0 aromatic heterocycles. The van der Waals surface area contributed by atoms with Crippen LogP contribution in [0.3, 0.4) is 0 Å². The predicted octanol–water partition coefficient (Wildman–Crippen LogP) is 5.39. The molecule has 1 N–H and O–H groups in total. The van der Waals surface area contributed by atoms with Gasteiger partial charge in [0.25, 0.3) is 0 Å². The number of rotatable bonds is 8. The number of nitrogens with one attached hydrogen (secondary N) is 1. The zero-order chi connectivity index (χ0) is 26.4. The van der Waals surface area contributed by atoms with E-state index in [2.05, 4.69) is 5.32 Å². The fourth-order valence-corrected chi connectivity index (χ4v) is 4.63. The minimum absolute atomic E-state index is 0.262. The fourth-order valence-electron chi connectivity index (χ4n) is 4.29.